The Bertz CT molecular complexity index is 722. The molecule has 30 heavy (non-hydrogen) atoms. The topological polar surface area (TPSA) is 97.3 Å². The number of thioether (sulfide) groups is 1. The van der Waals surface area contributed by atoms with Crippen LogP contribution < -0.4 is 9.47 Å². The van der Waals surface area contributed by atoms with Crippen LogP contribution in [-0.4, -0.2) is 109 Å². The zero-order chi connectivity index (χ0) is 21.5. The number of methoxy groups -OCH3 is 2. The molecule has 1 amide bonds. The highest BCUT2D eigenvalue weighted by Gasteiger charge is 2.29. The van der Waals surface area contributed by atoms with Crippen LogP contribution in [0.5, 0.6) is 11.8 Å². The molecule has 1 aromatic rings. The van der Waals surface area contributed by atoms with Crippen molar-refractivity contribution in [2.24, 2.45) is 0 Å². The molecular formula is C19H29N5O5S. The number of carbonyl (C=O) groups is 2. The van der Waals surface area contributed by atoms with Crippen LogP contribution in [-0.2, 0) is 20.1 Å². The second kappa shape index (κ2) is 10.8. The molecule has 0 radical (unpaired) electrons. The zero-order valence-corrected chi connectivity index (χ0v) is 18.5. The van der Waals surface area contributed by atoms with Gasteiger partial charge in [0.05, 0.1) is 44.5 Å². The molecule has 0 N–H and O–H groups in total. The van der Waals surface area contributed by atoms with Gasteiger partial charge in [-0.3, -0.25) is 19.4 Å². The number of hydrogen-bond acceptors (Lipinski definition) is 10. The molecule has 2 aliphatic heterocycles. The van der Waals surface area contributed by atoms with Crippen LogP contribution in [0, 0.1) is 0 Å². The molecule has 3 heterocycles. The van der Waals surface area contributed by atoms with Gasteiger partial charge in [0.2, 0.25) is 17.7 Å². The first-order chi connectivity index (χ1) is 14.5. The van der Waals surface area contributed by atoms with Gasteiger partial charge in [-0.05, 0) is 6.92 Å². The number of esters is 1. The number of piperazine rings is 1. The lowest BCUT2D eigenvalue weighted by Gasteiger charge is -2.43. The van der Waals surface area contributed by atoms with Crippen molar-refractivity contribution in [3.05, 3.63) is 11.9 Å². The van der Waals surface area contributed by atoms with Gasteiger partial charge in [0.25, 0.3) is 0 Å². The van der Waals surface area contributed by atoms with Gasteiger partial charge in [0, 0.05) is 32.7 Å². The van der Waals surface area contributed by atoms with E-state index < -0.39 is 0 Å². The van der Waals surface area contributed by atoms with Crippen LogP contribution >= 0.6 is 11.8 Å². The van der Waals surface area contributed by atoms with Gasteiger partial charge in [0.1, 0.15) is 12.4 Å². The quantitative estimate of drug-likeness (QED) is 0.518. The summed E-state index contributed by atoms with van der Waals surface area (Å²) in [6.07, 6.45) is 0.157. The monoisotopic (exact) mass is 439 g/mol. The van der Waals surface area contributed by atoms with Crippen LogP contribution in [0.25, 0.3) is 0 Å². The molecular weight excluding hydrogens is 410 g/mol. The summed E-state index contributed by atoms with van der Waals surface area (Å²) < 4.78 is 15.3. The number of cyclic esters (lactones) is 1. The van der Waals surface area contributed by atoms with Crippen LogP contribution in [0.15, 0.2) is 6.07 Å². The fourth-order valence-corrected chi connectivity index (χ4v) is 4.28. The summed E-state index contributed by atoms with van der Waals surface area (Å²) in [5.41, 5.74) is 0. The van der Waals surface area contributed by atoms with Gasteiger partial charge >= 0.3 is 5.97 Å². The number of hydrogen-bond donors (Lipinski definition) is 0. The molecule has 0 aliphatic carbocycles. The Morgan fingerprint density at radius 2 is 1.80 bits per heavy atom. The van der Waals surface area contributed by atoms with Crippen molar-refractivity contribution in [1.29, 1.82) is 0 Å². The summed E-state index contributed by atoms with van der Waals surface area (Å²) in [5.74, 6) is 2.27. The molecule has 0 spiro atoms. The van der Waals surface area contributed by atoms with Gasteiger partial charge < -0.3 is 19.1 Å². The predicted molar refractivity (Wildman–Crippen MR) is 111 cm³/mol. The van der Waals surface area contributed by atoms with Crippen molar-refractivity contribution < 1.29 is 23.8 Å². The lowest BCUT2D eigenvalue weighted by Crippen LogP contribution is -2.58. The number of ether oxygens (including phenoxy) is 3. The molecule has 1 atom stereocenters. The Hall–Kier alpha value is -2.11. The first kappa shape index (κ1) is 22.6. The average Bonchev–Trinajstić information content (AvgIpc) is 2.78. The van der Waals surface area contributed by atoms with Crippen molar-refractivity contribution in [2.75, 3.05) is 65.8 Å². The zero-order valence-electron chi connectivity index (χ0n) is 17.7. The molecule has 1 aromatic heterocycles. The Balaban J connectivity index is 1.42. The van der Waals surface area contributed by atoms with Crippen molar-refractivity contribution in [3.8, 4) is 11.8 Å². The lowest BCUT2D eigenvalue weighted by atomic mass is 10.2. The molecule has 166 valence electrons. The first-order valence-electron chi connectivity index (χ1n) is 9.95. The van der Waals surface area contributed by atoms with E-state index in [4.69, 9.17) is 14.2 Å². The fraction of sp³-hybridized carbons (Fsp3) is 0.684. The van der Waals surface area contributed by atoms with E-state index in [1.807, 2.05) is 4.90 Å². The normalized spacial score (nSPS) is 19.3. The maximum atomic E-state index is 12.6. The van der Waals surface area contributed by atoms with E-state index in [9.17, 15) is 9.59 Å². The number of rotatable bonds is 8. The number of morpholine rings is 1. The SMILES string of the molecule is COc1cc(OC)nc(CSCC(=O)N2CCN(C(C)N3CCOC(=O)C3)CC2)n1. The minimum atomic E-state index is -0.170. The van der Waals surface area contributed by atoms with Crippen molar-refractivity contribution >= 4 is 23.6 Å². The van der Waals surface area contributed by atoms with E-state index in [1.165, 1.54) is 11.8 Å². The number of nitrogens with zero attached hydrogens (tertiary/aromatic N) is 5. The number of carbonyl (C=O) groups excluding carboxylic acids is 2. The molecule has 11 heteroatoms. The molecule has 0 bridgehead atoms. The highest BCUT2D eigenvalue weighted by Crippen LogP contribution is 2.19. The van der Waals surface area contributed by atoms with Crippen molar-refractivity contribution in [2.45, 2.75) is 18.8 Å². The molecule has 2 fully saturated rings. The van der Waals surface area contributed by atoms with Crippen LogP contribution in [0.1, 0.15) is 12.7 Å². The van der Waals surface area contributed by atoms with E-state index >= 15 is 0 Å². The molecule has 3 rings (SSSR count). The van der Waals surface area contributed by atoms with Gasteiger partial charge in [-0.1, -0.05) is 0 Å². The fourth-order valence-electron chi connectivity index (χ4n) is 3.51. The molecule has 0 saturated carbocycles. The van der Waals surface area contributed by atoms with E-state index in [-0.39, 0.29) is 18.0 Å². The van der Waals surface area contributed by atoms with E-state index in [0.717, 1.165) is 19.6 Å². The standard InChI is InChI=1S/C19H29N5O5S/c1-14(24-8-9-29-19(26)11-24)22-4-6-23(7-5-22)18(25)13-30-12-15-20-16(27-2)10-17(21-15)28-3/h10,14H,4-9,11-13H2,1-3H3. The predicted octanol–water partition coefficient (Wildman–Crippen LogP) is 0.0760. The van der Waals surface area contributed by atoms with Gasteiger partial charge in [-0.25, -0.2) is 0 Å². The molecule has 0 aromatic carbocycles. The van der Waals surface area contributed by atoms with Gasteiger partial charge in [-0.2, -0.15) is 9.97 Å². The summed E-state index contributed by atoms with van der Waals surface area (Å²) in [4.78, 5) is 39.0. The Kier molecular flexibility index (Phi) is 8.11. The van der Waals surface area contributed by atoms with E-state index in [1.54, 1.807) is 20.3 Å². The maximum Gasteiger partial charge on any atom is 0.320 e. The summed E-state index contributed by atoms with van der Waals surface area (Å²) in [7, 11) is 3.08. The molecule has 2 aliphatic rings. The highest BCUT2D eigenvalue weighted by molar-refractivity contribution is 7.99. The van der Waals surface area contributed by atoms with Crippen LogP contribution in [0.4, 0.5) is 0 Å². The van der Waals surface area contributed by atoms with Crippen LogP contribution in [0.2, 0.25) is 0 Å². The number of amides is 1. The Labute approximate surface area is 180 Å². The van der Waals surface area contributed by atoms with E-state index in [2.05, 4.69) is 26.7 Å². The smallest absolute Gasteiger partial charge is 0.320 e. The summed E-state index contributed by atoms with van der Waals surface area (Å²) in [6, 6.07) is 1.62. The largest absolute Gasteiger partial charge is 0.481 e. The first-order valence-corrected chi connectivity index (χ1v) is 11.1. The summed E-state index contributed by atoms with van der Waals surface area (Å²) in [6.45, 7) is 6.58. The minimum Gasteiger partial charge on any atom is -0.481 e. The van der Waals surface area contributed by atoms with Gasteiger partial charge in [-0.15, -0.1) is 11.8 Å². The van der Waals surface area contributed by atoms with Gasteiger partial charge in [0.15, 0.2) is 0 Å². The van der Waals surface area contributed by atoms with E-state index in [0.29, 0.717) is 55.3 Å². The highest BCUT2D eigenvalue weighted by atomic mass is 32.2. The minimum absolute atomic E-state index is 0.115. The summed E-state index contributed by atoms with van der Waals surface area (Å²) >= 11 is 1.48. The molecule has 2 saturated heterocycles. The Morgan fingerprint density at radius 1 is 1.13 bits per heavy atom. The maximum absolute atomic E-state index is 12.6. The lowest BCUT2D eigenvalue weighted by molar-refractivity contribution is -0.154. The molecule has 10 nitrogen and oxygen atoms in total. The third kappa shape index (κ3) is 5.96. The third-order valence-electron chi connectivity index (χ3n) is 5.30. The second-order valence-corrected chi connectivity index (χ2v) is 8.09. The third-order valence-corrected chi connectivity index (χ3v) is 6.21. The van der Waals surface area contributed by atoms with Crippen molar-refractivity contribution in [1.82, 2.24) is 24.7 Å². The van der Waals surface area contributed by atoms with Crippen LogP contribution in [0.3, 0.4) is 0 Å². The number of aromatic nitrogens is 2. The van der Waals surface area contributed by atoms with Crippen molar-refractivity contribution in [3.63, 3.8) is 0 Å². The average molecular weight is 440 g/mol. The summed E-state index contributed by atoms with van der Waals surface area (Å²) in [5, 5.41) is 0. The molecule has 1 unspecified atom stereocenters. The second-order valence-electron chi connectivity index (χ2n) is 7.10. The Morgan fingerprint density at radius 3 is 2.40 bits per heavy atom.